The van der Waals surface area contributed by atoms with E-state index in [-0.39, 0.29) is 6.03 Å². The van der Waals surface area contributed by atoms with Gasteiger partial charge in [0.2, 0.25) is 0 Å². The van der Waals surface area contributed by atoms with Crippen LogP contribution in [0.2, 0.25) is 0 Å². The highest BCUT2D eigenvalue weighted by atomic mass is 16.5. The van der Waals surface area contributed by atoms with Crippen LogP contribution < -0.4 is 15.5 Å². The first kappa shape index (κ1) is 19.2. The van der Waals surface area contributed by atoms with Crippen molar-refractivity contribution in [1.82, 2.24) is 10.3 Å². The van der Waals surface area contributed by atoms with Crippen molar-refractivity contribution < 1.29 is 9.53 Å². The van der Waals surface area contributed by atoms with Crippen molar-refractivity contribution in [3.05, 3.63) is 54.2 Å². The molecule has 6 heteroatoms. The first-order chi connectivity index (χ1) is 13.3. The normalized spacial score (nSPS) is 13.6. The highest BCUT2D eigenvalue weighted by Gasteiger charge is 2.13. The highest BCUT2D eigenvalue weighted by Crippen LogP contribution is 2.18. The summed E-state index contributed by atoms with van der Waals surface area (Å²) in [5.41, 5.74) is 1.98. The summed E-state index contributed by atoms with van der Waals surface area (Å²) in [6, 6.07) is 13.9. The van der Waals surface area contributed by atoms with Gasteiger partial charge in [0.05, 0.1) is 18.5 Å². The smallest absolute Gasteiger partial charge is 0.319 e. The Labute approximate surface area is 160 Å². The van der Waals surface area contributed by atoms with Crippen molar-refractivity contribution >= 4 is 17.5 Å². The Hall–Kier alpha value is -2.60. The van der Waals surface area contributed by atoms with Crippen LogP contribution in [0.15, 0.2) is 48.7 Å². The Balaban J connectivity index is 1.25. The van der Waals surface area contributed by atoms with Crippen LogP contribution >= 0.6 is 0 Å². The van der Waals surface area contributed by atoms with Crippen LogP contribution in [0.3, 0.4) is 0 Å². The number of nitrogens with one attached hydrogen (secondary N) is 2. The summed E-state index contributed by atoms with van der Waals surface area (Å²) in [6.45, 7) is 4.04. The van der Waals surface area contributed by atoms with Gasteiger partial charge < -0.3 is 20.3 Å². The van der Waals surface area contributed by atoms with Crippen LogP contribution in [0, 0.1) is 0 Å². The van der Waals surface area contributed by atoms with E-state index in [0.29, 0.717) is 25.4 Å². The van der Waals surface area contributed by atoms with Gasteiger partial charge in [-0.2, -0.15) is 0 Å². The fourth-order valence-electron chi connectivity index (χ4n) is 3.08. The maximum absolute atomic E-state index is 11.9. The maximum atomic E-state index is 11.9. The molecule has 0 atom stereocenters. The quantitative estimate of drug-likeness (QED) is 0.665. The van der Waals surface area contributed by atoms with Gasteiger partial charge in [0, 0.05) is 26.2 Å². The van der Waals surface area contributed by atoms with Gasteiger partial charge in [-0.3, -0.25) is 0 Å². The van der Waals surface area contributed by atoms with E-state index in [1.54, 1.807) is 6.20 Å². The molecule has 27 heavy (non-hydrogen) atoms. The number of rotatable bonds is 9. The van der Waals surface area contributed by atoms with Gasteiger partial charge in [0.25, 0.3) is 0 Å². The second kappa shape index (κ2) is 10.5. The van der Waals surface area contributed by atoms with Gasteiger partial charge in [-0.25, -0.2) is 9.78 Å². The number of carbonyl (C=O) groups excluding carboxylic acids is 1. The van der Waals surface area contributed by atoms with Gasteiger partial charge in [-0.15, -0.1) is 0 Å². The zero-order valence-electron chi connectivity index (χ0n) is 15.7. The minimum atomic E-state index is -0.213. The molecule has 2 aromatic rings. The molecular formula is C21H28N4O2. The van der Waals surface area contributed by atoms with E-state index in [4.69, 9.17) is 4.74 Å². The lowest BCUT2D eigenvalue weighted by Gasteiger charge is -2.16. The van der Waals surface area contributed by atoms with Crippen molar-refractivity contribution in [2.24, 2.45) is 0 Å². The molecule has 2 heterocycles. The number of hydrogen-bond donors (Lipinski definition) is 2. The second-order valence-electron chi connectivity index (χ2n) is 6.68. The van der Waals surface area contributed by atoms with Crippen LogP contribution in [0.1, 0.15) is 24.8 Å². The van der Waals surface area contributed by atoms with Gasteiger partial charge in [0.15, 0.2) is 0 Å². The fourth-order valence-corrected chi connectivity index (χ4v) is 3.08. The lowest BCUT2D eigenvalue weighted by molar-refractivity contribution is 0.135. The van der Waals surface area contributed by atoms with E-state index in [9.17, 15) is 4.79 Å². The third-order valence-electron chi connectivity index (χ3n) is 4.56. The summed E-state index contributed by atoms with van der Waals surface area (Å²) in [6.07, 6.45) is 5.85. The molecule has 2 amide bonds. The highest BCUT2D eigenvalue weighted by molar-refractivity contribution is 5.89. The molecule has 0 bridgehead atoms. The molecule has 144 valence electrons. The number of pyridine rings is 1. The van der Waals surface area contributed by atoms with Gasteiger partial charge in [-0.05, 0) is 43.4 Å². The van der Waals surface area contributed by atoms with Crippen LogP contribution in [-0.4, -0.2) is 43.9 Å². The van der Waals surface area contributed by atoms with Crippen LogP contribution in [-0.2, 0) is 11.2 Å². The van der Waals surface area contributed by atoms with Crippen molar-refractivity contribution in [3.63, 3.8) is 0 Å². The SMILES string of the molecule is O=C(NCCCOCCc1ccccc1)Nc1ccc(N2CCCC2)nc1. The molecule has 1 saturated heterocycles. The molecule has 0 radical (unpaired) electrons. The lowest BCUT2D eigenvalue weighted by atomic mass is 10.2. The van der Waals surface area contributed by atoms with E-state index in [2.05, 4.69) is 32.7 Å². The average Bonchev–Trinajstić information content (AvgIpc) is 3.23. The minimum Gasteiger partial charge on any atom is -0.381 e. The summed E-state index contributed by atoms with van der Waals surface area (Å²) < 4.78 is 5.61. The summed E-state index contributed by atoms with van der Waals surface area (Å²) >= 11 is 0. The molecule has 1 aromatic heterocycles. The lowest BCUT2D eigenvalue weighted by Crippen LogP contribution is -2.30. The largest absolute Gasteiger partial charge is 0.381 e. The summed E-state index contributed by atoms with van der Waals surface area (Å²) in [4.78, 5) is 18.6. The van der Waals surface area contributed by atoms with Crippen molar-refractivity contribution in [1.29, 1.82) is 0 Å². The predicted octanol–water partition coefficient (Wildman–Crippen LogP) is 3.45. The number of nitrogens with zero attached hydrogens (tertiary/aromatic N) is 2. The van der Waals surface area contributed by atoms with E-state index in [0.717, 1.165) is 31.7 Å². The van der Waals surface area contributed by atoms with Gasteiger partial charge in [-0.1, -0.05) is 30.3 Å². The molecule has 1 fully saturated rings. The summed E-state index contributed by atoms with van der Waals surface area (Å²) in [5.74, 6) is 0.978. The molecule has 1 aliphatic heterocycles. The standard InChI is InChI=1S/C21H28N4O2/c26-21(22-12-6-15-27-16-11-18-7-2-1-3-8-18)24-19-9-10-20(23-17-19)25-13-4-5-14-25/h1-3,7-10,17H,4-6,11-16H2,(H2,22,24,26). The third kappa shape index (κ3) is 6.57. The minimum absolute atomic E-state index is 0.213. The average molecular weight is 368 g/mol. The first-order valence-electron chi connectivity index (χ1n) is 9.69. The number of hydrogen-bond acceptors (Lipinski definition) is 4. The predicted molar refractivity (Wildman–Crippen MR) is 108 cm³/mol. The Kier molecular flexibility index (Phi) is 7.47. The third-order valence-corrected chi connectivity index (χ3v) is 4.56. The topological polar surface area (TPSA) is 66.5 Å². The Morgan fingerprint density at radius 3 is 2.63 bits per heavy atom. The van der Waals surface area contributed by atoms with Crippen molar-refractivity contribution in [2.45, 2.75) is 25.7 Å². The number of amides is 2. The van der Waals surface area contributed by atoms with E-state index >= 15 is 0 Å². The van der Waals surface area contributed by atoms with Gasteiger partial charge in [0.1, 0.15) is 5.82 Å². The van der Waals surface area contributed by atoms with Crippen LogP contribution in [0.4, 0.5) is 16.3 Å². The molecule has 2 N–H and O–H groups in total. The van der Waals surface area contributed by atoms with E-state index in [1.807, 2.05) is 30.3 Å². The van der Waals surface area contributed by atoms with Crippen molar-refractivity contribution in [2.75, 3.05) is 43.1 Å². The van der Waals surface area contributed by atoms with E-state index in [1.165, 1.54) is 18.4 Å². The zero-order chi connectivity index (χ0) is 18.7. The monoisotopic (exact) mass is 368 g/mol. The number of ether oxygens (including phenoxy) is 1. The molecule has 0 unspecified atom stereocenters. The molecule has 1 aromatic carbocycles. The number of urea groups is 1. The molecule has 3 rings (SSSR count). The van der Waals surface area contributed by atoms with Gasteiger partial charge >= 0.3 is 6.03 Å². The Bertz CT molecular complexity index is 685. The Morgan fingerprint density at radius 2 is 1.89 bits per heavy atom. The molecule has 0 spiro atoms. The van der Waals surface area contributed by atoms with Crippen LogP contribution in [0.5, 0.6) is 0 Å². The summed E-state index contributed by atoms with van der Waals surface area (Å²) in [5, 5.41) is 5.65. The molecule has 6 nitrogen and oxygen atoms in total. The molecule has 1 aliphatic rings. The molecule has 0 aliphatic carbocycles. The van der Waals surface area contributed by atoms with Crippen molar-refractivity contribution in [3.8, 4) is 0 Å². The molecular weight excluding hydrogens is 340 g/mol. The number of aromatic nitrogens is 1. The zero-order valence-corrected chi connectivity index (χ0v) is 15.7. The second-order valence-corrected chi connectivity index (χ2v) is 6.68. The fraction of sp³-hybridized carbons (Fsp3) is 0.429. The maximum Gasteiger partial charge on any atom is 0.319 e. The van der Waals surface area contributed by atoms with Crippen LogP contribution in [0.25, 0.3) is 0 Å². The Morgan fingerprint density at radius 1 is 1.07 bits per heavy atom. The molecule has 0 saturated carbocycles. The number of anilines is 2. The number of benzene rings is 1. The first-order valence-corrected chi connectivity index (χ1v) is 9.69. The van der Waals surface area contributed by atoms with E-state index < -0.39 is 0 Å². The number of carbonyl (C=O) groups is 1. The summed E-state index contributed by atoms with van der Waals surface area (Å²) in [7, 11) is 0.